The van der Waals surface area contributed by atoms with Crippen molar-refractivity contribution in [2.24, 2.45) is 5.73 Å². The zero-order valence-electron chi connectivity index (χ0n) is 23.9. The highest BCUT2D eigenvalue weighted by atomic mass is 35.5. The Balaban J connectivity index is 2.13. The van der Waals surface area contributed by atoms with E-state index in [9.17, 15) is 22.8 Å². The molecule has 14 heteroatoms. The number of unbranched alkanes of at least 4 members (excludes halogenated alkanes) is 1. The van der Waals surface area contributed by atoms with Crippen LogP contribution in [0.4, 0.5) is 4.79 Å². The van der Waals surface area contributed by atoms with Gasteiger partial charge in [0, 0.05) is 24.7 Å². The minimum atomic E-state index is -4.21. The van der Waals surface area contributed by atoms with Crippen molar-refractivity contribution in [3.8, 4) is 0 Å². The molecule has 0 saturated carbocycles. The maximum Gasteiger partial charge on any atom is 0.407 e. The summed E-state index contributed by atoms with van der Waals surface area (Å²) in [6.45, 7) is 3.78. The number of benzene rings is 2. The van der Waals surface area contributed by atoms with Crippen LogP contribution in [-0.4, -0.2) is 88.0 Å². The van der Waals surface area contributed by atoms with Crippen LogP contribution < -0.4 is 16.4 Å². The van der Waals surface area contributed by atoms with Gasteiger partial charge in [-0.1, -0.05) is 53.5 Å². The van der Waals surface area contributed by atoms with Crippen molar-refractivity contribution in [3.63, 3.8) is 0 Å². The second-order valence-corrected chi connectivity index (χ2v) is 12.1. The number of carbonyl (C=O) groups is 3. The molecule has 0 aliphatic rings. The molecule has 0 radical (unpaired) electrons. The van der Waals surface area contributed by atoms with E-state index < -0.39 is 34.5 Å². The van der Waals surface area contributed by atoms with E-state index in [1.807, 2.05) is 30.3 Å². The highest BCUT2D eigenvalue weighted by Gasteiger charge is 2.30. The number of rotatable bonds is 17. The third-order valence-corrected chi connectivity index (χ3v) is 9.20. The Hall–Kier alpha value is -2.90. The fourth-order valence-corrected chi connectivity index (χ4v) is 6.09. The minimum absolute atomic E-state index is 0.00586. The molecule has 0 atom stereocenters. The molecular formula is C28H39Cl2N5O6S. The molecule has 0 saturated heterocycles. The highest BCUT2D eigenvalue weighted by molar-refractivity contribution is 7.89. The topological polar surface area (TPSA) is 151 Å². The van der Waals surface area contributed by atoms with Crippen molar-refractivity contribution in [2.75, 3.05) is 52.4 Å². The SMILES string of the molecule is CCNC(=O)OCCN(CCCCN)C(=O)CNC(=O)CN(CCc1ccccc1)S(=O)(=O)c1ccc(Cl)c(C)c1Cl. The normalized spacial score (nSPS) is 11.3. The molecule has 0 heterocycles. The largest absolute Gasteiger partial charge is 0.448 e. The summed E-state index contributed by atoms with van der Waals surface area (Å²) in [5.74, 6) is -1.07. The summed E-state index contributed by atoms with van der Waals surface area (Å²) in [5, 5.41) is 5.33. The number of carbonyl (C=O) groups excluding carboxylic acids is 3. The number of amides is 3. The fraction of sp³-hybridized carbons (Fsp3) is 0.464. The molecule has 0 spiro atoms. The lowest BCUT2D eigenvalue weighted by Crippen LogP contribution is -2.46. The Morgan fingerprint density at radius 1 is 0.976 bits per heavy atom. The number of ether oxygens (including phenoxy) is 1. The number of sulfonamides is 1. The van der Waals surface area contributed by atoms with Gasteiger partial charge in [0.15, 0.2) is 0 Å². The predicted molar refractivity (Wildman–Crippen MR) is 163 cm³/mol. The lowest BCUT2D eigenvalue weighted by molar-refractivity contribution is -0.133. The maximum absolute atomic E-state index is 13.7. The van der Waals surface area contributed by atoms with Crippen molar-refractivity contribution >= 4 is 51.1 Å². The molecule has 0 unspecified atom stereocenters. The van der Waals surface area contributed by atoms with Crippen LogP contribution in [0.2, 0.25) is 10.0 Å². The van der Waals surface area contributed by atoms with Crippen LogP contribution in [0, 0.1) is 6.92 Å². The Kier molecular flexibility index (Phi) is 15.1. The van der Waals surface area contributed by atoms with Gasteiger partial charge < -0.3 is 26.0 Å². The third-order valence-electron chi connectivity index (χ3n) is 6.30. The van der Waals surface area contributed by atoms with E-state index in [2.05, 4.69) is 10.6 Å². The van der Waals surface area contributed by atoms with Crippen LogP contribution >= 0.6 is 23.2 Å². The van der Waals surface area contributed by atoms with Gasteiger partial charge in [0.1, 0.15) is 11.5 Å². The fourth-order valence-electron chi connectivity index (χ4n) is 3.91. The standard InChI is InChI=1S/C28H39Cl2N5O6S/c1-3-32-28(38)41-18-17-34(15-8-7-14-31)26(37)19-33-25(36)20-35(16-13-22-9-5-4-6-10-22)42(39,40)24-12-11-23(29)21(2)27(24)30/h4-6,9-12H,3,7-8,13-20,31H2,1-2H3,(H,32,38)(H,33,36). The minimum Gasteiger partial charge on any atom is -0.448 e. The summed E-state index contributed by atoms with van der Waals surface area (Å²) < 4.78 is 33.4. The lowest BCUT2D eigenvalue weighted by atomic mass is 10.1. The molecular weight excluding hydrogens is 605 g/mol. The summed E-state index contributed by atoms with van der Waals surface area (Å²) in [5.41, 5.74) is 6.86. The first-order chi connectivity index (χ1) is 20.0. The molecule has 3 amide bonds. The van der Waals surface area contributed by atoms with Crippen LogP contribution in [-0.2, 0) is 30.8 Å². The lowest BCUT2D eigenvalue weighted by Gasteiger charge is -2.24. The van der Waals surface area contributed by atoms with E-state index in [1.54, 1.807) is 13.8 Å². The smallest absolute Gasteiger partial charge is 0.407 e. The van der Waals surface area contributed by atoms with E-state index in [0.717, 1.165) is 9.87 Å². The average Bonchev–Trinajstić information content (AvgIpc) is 2.96. The van der Waals surface area contributed by atoms with Crippen molar-refractivity contribution < 1.29 is 27.5 Å². The van der Waals surface area contributed by atoms with Gasteiger partial charge >= 0.3 is 6.09 Å². The van der Waals surface area contributed by atoms with Crippen LogP contribution in [0.3, 0.4) is 0 Å². The van der Waals surface area contributed by atoms with Crippen molar-refractivity contribution in [1.29, 1.82) is 0 Å². The number of halogens is 2. The van der Waals surface area contributed by atoms with E-state index >= 15 is 0 Å². The van der Waals surface area contributed by atoms with Crippen LogP contribution in [0.5, 0.6) is 0 Å². The van der Waals surface area contributed by atoms with Gasteiger partial charge in [0.2, 0.25) is 21.8 Å². The zero-order chi connectivity index (χ0) is 31.1. The first-order valence-electron chi connectivity index (χ1n) is 13.6. The quantitative estimate of drug-likeness (QED) is 0.224. The molecule has 0 bridgehead atoms. The number of alkyl carbamates (subject to hydrolysis) is 1. The Bertz CT molecular complexity index is 1300. The first kappa shape index (κ1) is 35.3. The number of nitrogens with zero attached hydrogens (tertiary/aromatic N) is 2. The van der Waals surface area contributed by atoms with Crippen LogP contribution in [0.15, 0.2) is 47.4 Å². The molecule has 0 aliphatic heterocycles. The predicted octanol–water partition coefficient (Wildman–Crippen LogP) is 2.97. The maximum atomic E-state index is 13.7. The Morgan fingerprint density at radius 3 is 2.36 bits per heavy atom. The molecule has 0 aromatic heterocycles. The zero-order valence-corrected chi connectivity index (χ0v) is 26.2. The van der Waals surface area contributed by atoms with Gasteiger partial charge in [-0.15, -0.1) is 0 Å². The van der Waals surface area contributed by atoms with Gasteiger partial charge in [-0.2, -0.15) is 4.31 Å². The number of hydrogen-bond donors (Lipinski definition) is 3. The highest BCUT2D eigenvalue weighted by Crippen LogP contribution is 2.32. The first-order valence-corrected chi connectivity index (χ1v) is 15.8. The molecule has 4 N–H and O–H groups in total. The monoisotopic (exact) mass is 643 g/mol. The average molecular weight is 645 g/mol. The van der Waals surface area contributed by atoms with Gasteiger partial charge in [-0.05, 0) is 62.9 Å². The van der Waals surface area contributed by atoms with Gasteiger partial charge in [-0.25, -0.2) is 13.2 Å². The summed E-state index contributed by atoms with van der Waals surface area (Å²) in [6, 6.07) is 12.0. The number of hydrogen-bond acceptors (Lipinski definition) is 7. The van der Waals surface area contributed by atoms with Gasteiger partial charge in [-0.3, -0.25) is 9.59 Å². The van der Waals surface area contributed by atoms with Crippen molar-refractivity contribution in [1.82, 2.24) is 19.8 Å². The van der Waals surface area contributed by atoms with E-state index in [-0.39, 0.29) is 36.2 Å². The van der Waals surface area contributed by atoms with E-state index in [1.165, 1.54) is 17.0 Å². The van der Waals surface area contributed by atoms with Crippen molar-refractivity contribution in [3.05, 3.63) is 63.6 Å². The molecule has 0 fully saturated rings. The third kappa shape index (κ3) is 11.1. The van der Waals surface area contributed by atoms with Gasteiger partial charge in [0.05, 0.1) is 24.7 Å². The molecule has 2 aromatic carbocycles. The van der Waals surface area contributed by atoms with Crippen molar-refractivity contribution in [2.45, 2.75) is 38.0 Å². The van der Waals surface area contributed by atoms with Gasteiger partial charge in [0.25, 0.3) is 0 Å². The Labute approximate surface area is 257 Å². The second kappa shape index (κ2) is 17.9. The summed E-state index contributed by atoms with van der Waals surface area (Å²) in [7, 11) is -4.21. The molecule has 0 aliphatic carbocycles. The molecule has 11 nitrogen and oxygen atoms in total. The van der Waals surface area contributed by atoms with Crippen LogP contribution in [0.25, 0.3) is 0 Å². The summed E-state index contributed by atoms with van der Waals surface area (Å²) in [6.07, 6.45) is 1.07. The molecule has 2 aromatic rings. The number of nitrogens with one attached hydrogen (secondary N) is 2. The molecule has 42 heavy (non-hydrogen) atoms. The number of nitrogens with two attached hydrogens (primary N) is 1. The Morgan fingerprint density at radius 2 is 1.69 bits per heavy atom. The molecule has 232 valence electrons. The van der Waals surface area contributed by atoms with E-state index in [4.69, 9.17) is 33.7 Å². The summed E-state index contributed by atoms with van der Waals surface area (Å²) >= 11 is 12.5. The molecule has 2 rings (SSSR count). The second-order valence-electron chi connectivity index (χ2n) is 9.38. The summed E-state index contributed by atoms with van der Waals surface area (Å²) in [4.78, 5) is 38.8. The van der Waals surface area contributed by atoms with E-state index in [0.29, 0.717) is 49.5 Å². The van der Waals surface area contributed by atoms with Crippen LogP contribution in [0.1, 0.15) is 30.9 Å².